The van der Waals surface area contributed by atoms with Gasteiger partial charge in [0.2, 0.25) is 5.91 Å². The van der Waals surface area contributed by atoms with Crippen molar-refractivity contribution >= 4 is 5.91 Å². The molecule has 1 aliphatic rings. The Bertz CT molecular complexity index is 884. The number of benzene rings is 2. The van der Waals surface area contributed by atoms with Gasteiger partial charge >= 0.3 is 0 Å². The standard InChI is InChI=1S/C21H21N3O/c1-16(25)23-13-12-20-19(15-23)21(18-10-6-3-7-11-18)22-24(20)14-17-8-4-2-5-9-17/h2-11H,12-15H2,1H3. The molecular weight excluding hydrogens is 310 g/mol. The van der Waals surface area contributed by atoms with Crippen molar-refractivity contribution in [3.63, 3.8) is 0 Å². The molecule has 4 nitrogen and oxygen atoms in total. The molecule has 0 saturated carbocycles. The second kappa shape index (κ2) is 6.55. The highest BCUT2D eigenvalue weighted by atomic mass is 16.2. The second-order valence-electron chi connectivity index (χ2n) is 6.47. The Hall–Kier alpha value is -2.88. The van der Waals surface area contributed by atoms with Crippen LogP contribution in [-0.4, -0.2) is 27.1 Å². The number of aromatic nitrogens is 2. The third-order valence-corrected chi connectivity index (χ3v) is 4.80. The van der Waals surface area contributed by atoms with Crippen molar-refractivity contribution in [3.8, 4) is 11.3 Å². The van der Waals surface area contributed by atoms with Gasteiger partial charge in [-0.05, 0) is 5.56 Å². The van der Waals surface area contributed by atoms with E-state index >= 15 is 0 Å². The topological polar surface area (TPSA) is 38.1 Å². The maximum absolute atomic E-state index is 11.9. The van der Waals surface area contributed by atoms with Crippen LogP contribution in [0.4, 0.5) is 0 Å². The fourth-order valence-corrected chi connectivity index (χ4v) is 3.47. The van der Waals surface area contributed by atoms with Gasteiger partial charge in [0.25, 0.3) is 0 Å². The zero-order valence-electron chi connectivity index (χ0n) is 14.4. The highest BCUT2D eigenvalue weighted by Gasteiger charge is 2.26. The molecule has 0 radical (unpaired) electrons. The molecule has 0 bridgehead atoms. The maximum atomic E-state index is 11.9. The summed E-state index contributed by atoms with van der Waals surface area (Å²) >= 11 is 0. The normalized spacial score (nSPS) is 13.6. The molecule has 4 heteroatoms. The van der Waals surface area contributed by atoms with Crippen LogP contribution in [0, 0.1) is 0 Å². The Morgan fingerprint density at radius 3 is 2.40 bits per heavy atom. The lowest BCUT2D eigenvalue weighted by atomic mass is 10.0. The van der Waals surface area contributed by atoms with Crippen LogP contribution in [0.2, 0.25) is 0 Å². The number of fused-ring (bicyclic) bond motifs is 1. The molecule has 25 heavy (non-hydrogen) atoms. The Kier molecular flexibility index (Phi) is 4.10. The predicted molar refractivity (Wildman–Crippen MR) is 98.0 cm³/mol. The van der Waals surface area contributed by atoms with Crippen molar-refractivity contribution in [2.75, 3.05) is 6.54 Å². The van der Waals surface area contributed by atoms with E-state index in [2.05, 4.69) is 41.1 Å². The first-order chi connectivity index (χ1) is 12.2. The van der Waals surface area contributed by atoms with Crippen LogP contribution in [0.15, 0.2) is 60.7 Å². The third kappa shape index (κ3) is 3.07. The first kappa shape index (κ1) is 15.6. The fourth-order valence-electron chi connectivity index (χ4n) is 3.47. The van der Waals surface area contributed by atoms with E-state index < -0.39 is 0 Å². The van der Waals surface area contributed by atoms with Gasteiger partial charge in [0.05, 0.1) is 12.2 Å². The van der Waals surface area contributed by atoms with Gasteiger partial charge in [-0.2, -0.15) is 5.10 Å². The zero-order chi connectivity index (χ0) is 17.2. The highest BCUT2D eigenvalue weighted by molar-refractivity contribution is 5.74. The van der Waals surface area contributed by atoms with Gasteiger partial charge < -0.3 is 4.90 Å². The molecule has 1 amide bonds. The maximum Gasteiger partial charge on any atom is 0.219 e. The van der Waals surface area contributed by atoms with Crippen molar-refractivity contribution in [2.24, 2.45) is 0 Å². The van der Waals surface area contributed by atoms with E-state index in [0.717, 1.165) is 30.8 Å². The van der Waals surface area contributed by atoms with E-state index in [4.69, 9.17) is 5.10 Å². The van der Waals surface area contributed by atoms with Crippen molar-refractivity contribution in [2.45, 2.75) is 26.4 Å². The number of nitrogens with zero attached hydrogens (tertiary/aromatic N) is 3. The van der Waals surface area contributed by atoms with Crippen molar-refractivity contribution in [3.05, 3.63) is 77.5 Å². The minimum atomic E-state index is 0.125. The Morgan fingerprint density at radius 1 is 1.04 bits per heavy atom. The summed E-state index contributed by atoms with van der Waals surface area (Å²) in [5.74, 6) is 0.125. The minimum absolute atomic E-state index is 0.125. The third-order valence-electron chi connectivity index (χ3n) is 4.80. The minimum Gasteiger partial charge on any atom is -0.338 e. The average Bonchev–Trinajstić information content (AvgIpc) is 3.01. The molecule has 1 aromatic heterocycles. The molecule has 2 heterocycles. The molecule has 4 rings (SSSR count). The first-order valence-corrected chi connectivity index (χ1v) is 8.66. The van der Waals surface area contributed by atoms with Crippen molar-refractivity contribution in [1.29, 1.82) is 0 Å². The predicted octanol–water partition coefficient (Wildman–Crippen LogP) is 3.50. The van der Waals surface area contributed by atoms with Crippen LogP contribution in [-0.2, 0) is 24.3 Å². The molecule has 0 aliphatic carbocycles. The quantitative estimate of drug-likeness (QED) is 0.737. The lowest BCUT2D eigenvalue weighted by Gasteiger charge is -2.27. The zero-order valence-corrected chi connectivity index (χ0v) is 14.4. The van der Waals surface area contributed by atoms with E-state index in [9.17, 15) is 4.79 Å². The van der Waals surface area contributed by atoms with E-state index in [1.54, 1.807) is 6.92 Å². The first-order valence-electron chi connectivity index (χ1n) is 8.66. The molecule has 0 atom stereocenters. The van der Waals surface area contributed by atoms with Crippen LogP contribution in [0.25, 0.3) is 11.3 Å². The molecule has 0 N–H and O–H groups in total. The van der Waals surface area contributed by atoms with Gasteiger partial charge in [-0.15, -0.1) is 0 Å². The lowest BCUT2D eigenvalue weighted by Crippen LogP contribution is -2.34. The van der Waals surface area contributed by atoms with Crippen LogP contribution < -0.4 is 0 Å². The van der Waals surface area contributed by atoms with Crippen LogP contribution >= 0.6 is 0 Å². The number of rotatable bonds is 3. The largest absolute Gasteiger partial charge is 0.338 e. The number of carbonyl (C=O) groups is 1. The summed E-state index contributed by atoms with van der Waals surface area (Å²) in [6.07, 6.45) is 0.849. The Labute approximate surface area is 147 Å². The van der Waals surface area contributed by atoms with Crippen molar-refractivity contribution in [1.82, 2.24) is 14.7 Å². The summed E-state index contributed by atoms with van der Waals surface area (Å²) in [4.78, 5) is 13.8. The van der Waals surface area contributed by atoms with Crippen molar-refractivity contribution < 1.29 is 4.79 Å². The van der Waals surface area contributed by atoms with Gasteiger partial charge in [0.15, 0.2) is 0 Å². The number of carbonyl (C=O) groups excluding carboxylic acids is 1. The SMILES string of the molecule is CC(=O)N1CCc2c(c(-c3ccccc3)nn2Cc2ccccc2)C1. The number of hydrogen-bond donors (Lipinski definition) is 0. The smallest absolute Gasteiger partial charge is 0.219 e. The Morgan fingerprint density at radius 2 is 1.72 bits per heavy atom. The molecule has 0 unspecified atom stereocenters. The molecule has 3 aromatic rings. The molecule has 126 valence electrons. The van der Waals surface area contributed by atoms with Crippen LogP contribution in [0.3, 0.4) is 0 Å². The molecule has 1 aliphatic heterocycles. The van der Waals surface area contributed by atoms with Crippen LogP contribution in [0.1, 0.15) is 23.7 Å². The molecule has 0 fully saturated rings. The summed E-state index contributed by atoms with van der Waals surface area (Å²) in [6, 6.07) is 20.6. The van der Waals surface area contributed by atoms with E-state index in [1.807, 2.05) is 29.2 Å². The van der Waals surface area contributed by atoms with E-state index in [0.29, 0.717) is 6.54 Å². The number of amides is 1. The molecule has 2 aromatic carbocycles. The van der Waals surface area contributed by atoms with E-state index in [1.165, 1.54) is 16.8 Å². The fraction of sp³-hybridized carbons (Fsp3) is 0.238. The van der Waals surface area contributed by atoms with Gasteiger partial charge in [-0.3, -0.25) is 9.48 Å². The molecular formula is C21H21N3O. The molecule has 0 saturated heterocycles. The highest BCUT2D eigenvalue weighted by Crippen LogP contribution is 2.30. The number of hydrogen-bond acceptors (Lipinski definition) is 2. The summed E-state index contributed by atoms with van der Waals surface area (Å²) in [5.41, 5.74) is 5.78. The summed E-state index contributed by atoms with van der Waals surface area (Å²) in [5, 5.41) is 4.93. The van der Waals surface area contributed by atoms with Gasteiger partial charge in [0, 0.05) is 43.3 Å². The monoisotopic (exact) mass is 331 g/mol. The van der Waals surface area contributed by atoms with Gasteiger partial charge in [0.1, 0.15) is 0 Å². The van der Waals surface area contributed by atoms with E-state index in [-0.39, 0.29) is 5.91 Å². The Balaban J connectivity index is 1.78. The lowest BCUT2D eigenvalue weighted by molar-refractivity contribution is -0.129. The molecule has 0 spiro atoms. The van der Waals surface area contributed by atoms with Crippen LogP contribution in [0.5, 0.6) is 0 Å². The van der Waals surface area contributed by atoms with Gasteiger partial charge in [-0.25, -0.2) is 0 Å². The summed E-state index contributed by atoms with van der Waals surface area (Å²) in [7, 11) is 0. The summed E-state index contributed by atoms with van der Waals surface area (Å²) < 4.78 is 2.12. The van der Waals surface area contributed by atoms with Gasteiger partial charge in [-0.1, -0.05) is 60.7 Å². The summed E-state index contributed by atoms with van der Waals surface area (Å²) in [6.45, 7) is 3.80. The average molecular weight is 331 g/mol. The second-order valence-corrected chi connectivity index (χ2v) is 6.47.